The Bertz CT molecular complexity index is 1370. The van der Waals surface area contributed by atoms with Crippen molar-refractivity contribution in [2.75, 3.05) is 5.32 Å². The van der Waals surface area contributed by atoms with Crippen LogP contribution in [0.2, 0.25) is 10.2 Å². The maximum Gasteiger partial charge on any atom is 0.298 e. The van der Waals surface area contributed by atoms with Crippen LogP contribution in [0.3, 0.4) is 0 Å². The smallest absolute Gasteiger partial charge is 0.298 e. The first-order chi connectivity index (χ1) is 15.2. The first-order valence-electron chi connectivity index (χ1n) is 9.98. The third-order valence-corrected chi connectivity index (χ3v) is 7.11. The summed E-state index contributed by atoms with van der Waals surface area (Å²) in [5.74, 6) is -1.47. The molecule has 0 radical (unpaired) electrons. The minimum Gasteiger partial charge on any atom is -0.326 e. The molecule has 8 heteroatoms. The summed E-state index contributed by atoms with van der Waals surface area (Å²) in [5, 5.41) is 4.45. The number of ketones is 1. The number of fused-ring (bicyclic) bond motifs is 1. The van der Waals surface area contributed by atoms with Crippen molar-refractivity contribution in [2.24, 2.45) is 0 Å². The van der Waals surface area contributed by atoms with Crippen molar-refractivity contribution in [3.05, 3.63) is 79.4 Å². The zero-order valence-electron chi connectivity index (χ0n) is 18.0. The Labute approximate surface area is 200 Å². The quantitative estimate of drug-likeness (QED) is 0.258. The summed E-state index contributed by atoms with van der Waals surface area (Å²) in [4.78, 5) is 31.3. The number of hydrogen-bond donors (Lipinski definition) is 1. The summed E-state index contributed by atoms with van der Waals surface area (Å²) in [6, 6.07) is 11.5. The molecule has 1 N–H and O–H groups in total. The Hall–Kier alpha value is -2.67. The molecule has 0 spiro atoms. The number of aryl methyl sites for hydroxylation is 4. The van der Waals surface area contributed by atoms with Crippen LogP contribution >= 0.6 is 34.5 Å². The molecule has 0 aliphatic rings. The van der Waals surface area contributed by atoms with Gasteiger partial charge in [0.15, 0.2) is 5.13 Å². The van der Waals surface area contributed by atoms with E-state index in [0.717, 1.165) is 32.8 Å². The van der Waals surface area contributed by atoms with E-state index in [-0.39, 0.29) is 10.7 Å². The predicted octanol–water partition coefficient (Wildman–Crippen LogP) is 6.51. The van der Waals surface area contributed by atoms with Crippen LogP contribution < -0.4 is 5.32 Å². The Morgan fingerprint density at radius 1 is 1.03 bits per heavy atom. The summed E-state index contributed by atoms with van der Waals surface area (Å²) >= 11 is 14.5. The minimum atomic E-state index is -0.769. The van der Waals surface area contributed by atoms with E-state index in [4.69, 9.17) is 23.2 Å². The lowest BCUT2D eigenvalue weighted by molar-refractivity contribution is -0.112. The van der Waals surface area contributed by atoms with E-state index in [2.05, 4.69) is 10.3 Å². The molecule has 0 fully saturated rings. The second kappa shape index (κ2) is 8.70. The van der Waals surface area contributed by atoms with Crippen LogP contribution in [0.1, 0.15) is 37.6 Å². The van der Waals surface area contributed by atoms with Gasteiger partial charge in [0, 0.05) is 15.3 Å². The molecule has 2 aromatic carbocycles. The number of amides is 1. The number of nitrogens with one attached hydrogen (secondary N) is 1. The van der Waals surface area contributed by atoms with E-state index < -0.39 is 11.7 Å². The van der Waals surface area contributed by atoms with Gasteiger partial charge in [-0.15, -0.1) is 11.3 Å². The number of thiazole rings is 1. The number of hydrogen-bond acceptors (Lipinski definition) is 4. The fourth-order valence-electron chi connectivity index (χ4n) is 3.55. The Morgan fingerprint density at radius 2 is 1.72 bits per heavy atom. The van der Waals surface area contributed by atoms with Crippen molar-refractivity contribution < 1.29 is 9.59 Å². The third kappa shape index (κ3) is 4.18. The van der Waals surface area contributed by atoms with Crippen molar-refractivity contribution in [1.82, 2.24) is 9.55 Å². The number of carbonyl (C=O) groups excluding carboxylic acids is 2. The predicted molar refractivity (Wildman–Crippen MR) is 132 cm³/mol. The monoisotopic (exact) mass is 485 g/mol. The molecule has 0 atom stereocenters. The zero-order valence-corrected chi connectivity index (χ0v) is 20.4. The van der Waals surface area contributed by atoms with E-state index in [9.17, 15) is 9.59 Å². The number of nitrogens with zero attached hydrogens (tertiary/aromatic N) is 2. The molecule has 0 saturated heterocycles. The van der Waals surface area contributed by atoms with E-state index >= 15 is 0 Å². The zero-order chi connectivity index (χ0) is 23.2. The van der Waals surface area contributed by atoms with E-state index in [1.165, 1.54) is 11.3 Å². The van der Waals surface area contributed by atoms with Gasteiger partial charge in [-0.05, 0) is 57.0 Å². The molecule has 0 saturated carbocycles. The van der Waals surface area contributed by atoms with Gasteiger partial charge >= 0.3 is 0 Å². The highest BCUT2D eigenvalue weighted by Gasteiger charge is 2.27. The van der Waals surface area contributed by atoms with Gasteiger partial charge in [0.05, 0.1) is 23.3 Å². The van der Waals surface area contributed by atoms with Gasteiger partial charge < -0.3 is 4.57 Å². The maximum absolute atomic E-state index is 13.2. The number of Topliss-reactive ketones (excluding diaryl/α,β-unsaturated/α-hetero) is 1. The fourth-order valence-corrected chi connectivity index (χ4v) is 5.00. The summed E-state index contributed by atoms with van der Waals surface area (Å²) in [6.45, 7) is 8.03. The van der Waals surface area contributed by atoms with Crippen molar-refractivity contribution in [1.29, 1.82) is 0 Å². The number of anilines is 1. The molecule has 0 aliphatic carbocycles. The molecular weight excluding hydrogens is 465 g/mol. The Kier molecular flexibility index (Phi) is 6.12. The van der Waals surface area contributed by atoms with Gasteiger partial charge in [0.1, 0.15) is 5.15 Å². The molecule has 164 valence electrons. The van der Waals surface area contributed by atoms with Crippen molar-refractivity contribution in [2.45, 2.75) is 34.2 Å². The molecule has 5 nitrogen and oxygen atoms in total. The first kappa shape index (κ1) is 22.5. The topological polar surface area (TPSA) is 64.0 Å². The number of rotatable bonds is 5. The lowest BCUT2D eigenvalue weighted by Crippen LogP contribution is -2.23. The van der Waals surface area contributed by atoms with Crippen molar-refractivity contribution in [3.63, 3.8) is 0 Å². The van der Waals surface area contributed by atoms with Crippen molar-refractivity contribution in [3.8, 4) is 0 Å². The molecule has 4 rings (SSSR count). The van der Waals surface area contributed by atoms with Gasteiger partial charge in [-0.1, -0.05) is 47.0 Å². The lowest BCUT2D eigenvalue weighted by Gasteiger charge is -2.10. The van der Waals surface area contributed by atoms with E-state index in [0.29, 0.717) is 22.1 Å². The highest BCUT2D eigenvalue weighted by Crippen LogP contribution is 2.33. The largest absolute Gasteiger partial charge is 0.326 e. The standard InChI is InChI=1S/C24H21Cl2N3O2S/c1-12-6-8-19-17(9-12)20(21(30)23(31)28-24-27-14(3)15(4)32-24)22(26)29(19)11-16-7-5-13(2)10-18(16)25/h5-10H,11H2,1-4H3,(H,27,28,31). The number of aromatic nitrogens is 2. The second-order valence-corrected chi connectivity index (χ2v) is 9.78. The van der Waals surface area contributed by atoms with Crippen LogP contribution in [-0.4, -0.2) is 21.2 Å². The van der Waals surface area contributed by atoms with Crippen LogP contribution in [-0.2, 0) is 11.3 Å². The molecule has 0 aliphatic heterocycles. The van der Waals surface area contributed by atoms with Crippen LogP contribution in [0.5, 0.6) is 0 Å². The van der Waals surface area contributed by atoms with Crippen LogP contribution in [0.25, 0.3) is 10.9 Å². The molecule has 0 unspecified atom stereocenters. The van der Waals surface area contributed by atoms with Gasteiger partial charge in [0.2, 0.25) is 0 Å². The average molecular weight is 486 g/mol. The minimum absolute atomic E-state index is 0.177. The van der Waals surface area contributed by atoms with Gasteiger partial charge in [-0.25, -0.2) is 4.98 Å². The number of halogens is 2. The summed E-state index contributed by atoms with van der Waals surface area (Å²) < 4.78 is 1.81. The molecule has 2 heterocycles. The first-order valence-corrected chi connectivity index (χ1v) is 11.6. The summed E-state index contributed by atoms with van der Waals surface area (Å²) in [5.41, 5.74) is 4.63. The molecule has 0 bridgehead atoms. The Balaban J connectivity index is 1.77. The third-order valence-electron chi connectivity index (χ3n) is 5.37. The lowest BCUT2D eigenvalue weighted by atomic mass is 10.1. The fraction of sp³-hybridized carbons (Fsp3) is 0.208. The molecule has 1 amide bonds. The summed E-state index contributed by atoms with van der Waals surface area (Å²) in [7, 11) is 0. The molecule has 2 aromatic heterocycles. The summed E-state index contributed by atoms with van der Waals surface area (Å²) in [6.07, 6.45) is 0. The van der Waals surface area contributed by atoms with Crippen molar-refractivity contribution >= 4 is 62.3 Å². The van der Waals surface area contributed by atoms with E-state index in [1.807, 2.05) is 68.7 Å². The number of carbonyl (C=O) groups is 2. The average Bonchev–Trinajstić information content (AvgIpc) is 3.18. The SMILES string of the molecule is Cc1ccc(Cn2c(Cl)c(C(=O)C(=O)Nc3nc(C)c(C)s3)c3cc(C)ccc32)c(Cl)c1. The highest BCUT2D eigenvalue weighted by molar-refractivity contribution is 7.15. The van der Waals surface area contributed by atoms with Crippen LogP contribution in [0.15, 0.2) is 36.4 Å². The van der Waals surface area contributed by atoms with E-state index in [1.54, 1.807) is 0 Å². The Morgan fingerprint density at radius 3 is 2.38 bits per heavy atom. The second-order valence-electron chi connectivity index (χ2n) is 7.81. The van der Waals surface area contributed by atoms with Gasteiger partial charge in [-0.3, -0.25) is 14.9 Å². The highest BCUT2D eigenvalue weighted by atomic mass is 35.5. The van der Waals surface area contributed by atoms with Crippen LogP contribution in [0, 0.1) is 27.7 Å². The normalized spacial score (nSPS) is 11.2. The van der Waals surface area contributed by atoms with Gasteiger partial charge in [-0.2, -0.15) is 0 Å². The van der Waals surface area contributed by atoms with Gasteiger partial charge in [0.25, 0.3) is 11.7 Å². The molecule has 4 aromatic rings. The number of benzene rings is 2. The molecule has 32 heavy (non-hydrogen) atoms. The van der Waals surface area contributed by atoms with Crippen LogP contribution in [0.4, 0.5) is 5.13 Å². The molecular formula is C24H21Cl2N3O2S. The maximum atomic E-state index is 13.2.